The molecule has 1 amide bonds. The van der Waals surface area contributed by atoms with Gasteiger partial charge in [0.1, 0.15) is 18.2 Å². The van der Waals surface area contributed by atoms with Gasteiger partial charge in [-0.15, -0.1) is 5.10 Å². The molecule has 0 fully saturated rings. The molecule has 0 spiro atoms. The van der Waals surface area contributed by atoms with Gasteiger partial charge in [0.15, 0.2) is 0 Å². The third kappa shape index (κ3) is 10.6. The molecule has 0 saturated heterocycles. The monoisotopic (exact) mass is 600 g/mol. The van der Waals surface area contributed by atoms with E-state index in [4.69, 9.17) is 4.74 Å². The van der Waals surface area contributed by atoms with Gasteiger partial charge in [-0.3, -0.25) is 15.1 Å². The van der Waals surface area contributed by atoms with Crippen LogP contribution in [0.1, 0.15) is 53.0 Å². The summed E-state index contributed by atoms with van der Waals surface area (Å²) in [6.45, 7) is 9.87. The van der Waals surface area contributed by atoms with Crippen molar-refractivity contribution in [3.63, 3.8) is 0 Å². The van der Waals surface area contributed by atoms with Crippen LogP contribution in [0.3, 0.4) is 0 Å². The summed E-state index contributed by atoms with van der Waals surface area (Å²) >= 11 is 0.985. The first kappa shape index (κ1) is 34.0. The number of amides is 1. The Morgan fingerprint density at radius 2 is 1.98 bits per heavy atom. The normalized spacial score (nSPS) is 13.0. The Morgan fingerprint density at radius 3 is 2.60 bits per heavy atom. The molecule has 0 unspecified atom stereocenters. The molecular weight excluding hydrogens is 565 g/mol. The predicted octanol–water partition coefficient (Wildman–Crippen LogP) is 8.48. The highest BCUT2D eigenvalue weighted by Crippen LogP contribution is 2.35. The number of benzene rings is 1. The lowest BCUT2D eigenvalue weighted by Crippen LogP contribution is -2.15. The summed E-state index contributed by atoms with van der Waals surface area (Å²) in [6, 6.07) is 3.59. The van der Waals surface area contributed by atoms with Crippen LogP contribution in [0, 0.1) is 5.82 Å². The number of carbonyl (C=O) groups is 1. The Morgan fingerprint density at radius 1 is 1.21 bits per heavy atom. The topological polar surface area (TPSA) is 85.7 Å². The number of hydrogen-bond acceptors (Lipinski definition) is 7. The third-order valence-corrected chi connectivity index (χ3v) is 6.06. The third-order valence-electron chi connectivity index (χ3n) is 5.31. The van der Waals surface area contributed by atoms with Crippen molar-refractivity contribution < 1.29 is 27.4 Å². The van der Waals surface area contributed by atoms with E-state index in [1.165, 1.54) is 24.3 Å². The van der Waals surface area contributed by atoms with Crippen molar-refractivity contribution in [3.05, 3.63) is 95.0 Å². The summed E-state index contributed by atoms with van der Waals surface area (Å²) in [6.07, 6.45) is 13.3. The molecule has 0 bridgehead atoms. The summed E-state index contributed by atoms with van der Waals surface area (Å²) in [5.41, 5.74) is 2.05. The Hall–Kier alpha value is -4.25. The van der Waals surface area contributed by atoms with E-state index >= 15 is 4.39 Å². The zero-order chi connectivity index (χ0) is 31.1. The van der Waals surface area contributed by atoms with Crippen molar-refractivity contribution >= 4 is 34.2 Å². The van der Waals surface area contributed by atoms with Gasteiger partial charge >= 0.3 is 6.61 Å². The smallest absolute Gasteiger partial charge is 0.387 e. The first-order valence-corrected chi connectivity index (χ1v) is 14.0. The molecule has 0 atom stereocenters. The molecule has 0 radical (unpaired) electrons. The van der Waals surface area contributed by atoms with Gasteiger partial charge in [-0.2, -0.15) is 8.78 Å². The number of nitrogens with zero attached hydrogens (tertiary/aromatic N) is 3. The fourth-order valence-corrected chi connectivity index (χ4v) is 4.04. The quantitative estimate of drug-likeness (QED) is 0.126. The lowest BCUT2D eigenvalue weighted by atomic mass is 9.95. The van der Waals surface area contributed by atoms with Crippen LogP contribution in [0.5, 0.6) is 10.9 Å². The summed E-state index contributed by atoms with van der Waals surface area (Å²) < 4.78 is 51.7. The molecule has 7 nitrogen and oxygen atoms in total. The maximum absolute atomic E-state index is 15.1. The van der Waals surface area contributed by atoms with Gasteiger partial charge in [-0.25, -0.2) is 4.39 Å². The SMILES string of the molecule is C=CC(/C=N/C(=C\C)COc1nnc(NC(=O)C(/C=C/CC)=C(/C=C(C)C)c2c(F)cccc2OC(F)F)s1)=C\CC. The molecule has 1 heterocycles. The molecule has 1 N–H and O–H groups in total. The minimum atomic E-state index is -3.19. The molecule has 2 rings (SSSR count). The van der Waals surface area contributed by atoms with Crippen LogP contribution < -0.4 is 14.8 Å². The highest BCUT2D eigenvalue weighted by molar-refractivity contribution is 7.17. The predicted molar refractivity (Wildman–Crippen MR) is 164 cm³/mol. The standard InChI is InChI=1S/C31H35F3N4O3S/c1-7-11-14-23(24(17-20(5)6)27-25(32)15-12-16-26(27)41-29(33)34)28(39)36-30-37-38-31(42-30)40-19-22(10-4)35-18-21(9-3)13-8-2/h9-18,29H,3,7-8,19H2,1-2,4-6H3,(H,36,37,39)/b14-11+,21-13+,22-10-,24-23-,35-18+. The number of nitrogens with one attached hydrogen (secondary N) is 1. The van der Waals surface area contributed by atoms with E-state index in [0.717, 1.165) is 29.4 Å². The molecule has 0 aliphatic carbocycles. The number of rotatable bonds is 15. The van der Waals surface area contributed by atoms with Gasteiger partial charge in [0.2, 0.25) is 5.13 Å². The first-order chi connectivity index (χ1) is 20.1. The number of hydrogen-bond donors (Lipinski definition) is 1. The van der Waals surface area contributed by atoms with Gasteiger partial charge in [0.05, 0.1) is 11.3 Å². The minimum Gasteiger partial charge on any atom is -0.462 e. The number of aromatic nitrogens is 2. The van der Waals surface area contributed by atoms with Gasteiger partial charge in [-0.1, -0.05) is 73.6 Å². The zero-order valence-corrected chi connectivity index (χ0v) is 25.1. The molecule has 0 aliphatic heterocycles. The van der Waals surface area contributed by atoms with Gasteiger partial charge in [-0.05, 0) is 62.7 Å². The van der Waals surface area contributed by atoms with E-state index < -0.39 is 24.1 Å². The van der Waals surface area contributed by atoms with Gasteiger partial charge in [0, 0.05) is 17.4 Å². The van der Waals surface area contributed by atoms with Crippen molar-refractivity contribution in [2.75, 3.05) is 11.9 Å². The van der Waals surface area contributed by atoms with Crippen molar-refractivity contribution in [2.24, 2.45) is 4.99 Å². The second-order valence-electron chi connectivity index (χ2n) is 8.82. The summed E-state index contributed by atoms with van der Waals surface area (Å²) in [4.78, 5) is 17.9. The number of anilines is 1. The Kier molecular flexibility index (Phi) is 14.2. The van der Waals surface area contributed by atoms with Crippen LogP contribution in [0.4, 0.5) is 18.3 Å². The van der Waals surface area contributed by atoms with Crippen molar-refractivity contribution in [2.45, 2.75) is 54.1 Å². The summed E-state index contributed by atoms with van der Waals surface area (Å²) in [5, 5.41) is 10.9. The number of alkyl halides is 2. The van der Waals surface area contributed by atoms with Crippen molar-refractivity contribution in [1.29, 1.82) is 0 Å². The summed E-state index contributed by atoms with van der Waals surface area (Å²) in [7, 11) is 0. The van der Waals surface area contributed by atoms with Crippen LogP contribution in [0.25, 0.3) is 5.57 Å². The average molecular weight is 601 g/mol. The molecule has 1 aromatic carbocycles. The second kappa shape index (κ2) is 17.5. The van der Waals surface area contributed by atoms with Crippen LogP contribution in [-0.4, -0.2) is 35.5 Å². The maximum Gasteiger partial charge on any atom is 0.387 e. The van der Waals surface area contributed by atoms with Crippen LogP contribution in [0.2, 0.25) is 0 Å². The molecule has 11 heteroatoms. The number of halogens is 3. The molecule has 224 valence electrons. The fraction of sp³-hybridized carbons (Fsp3) is 0.290. The Balaban J connectivity index is 2.39. The van der Waals surface area contributed by atoms with Gasteiger partial charge < -0.3 is 9.47 Å². The van der Waals surface area contributed by atoms with Crippen LogP contribution >= 0.6 is 11.3 Å². The largest absolute Gasteiger partial charge is 0.462 e. The van der Waals surface area contributed by atoms with E-state index in [1.54, 1.807) is 38.3 Å². The number of aliphatic imine (C=N–C) groups is 1. The highest BCUT2D eigenvalue weighted by Gasteiger charge is 2.22. The average Bonchev–Trinajstić information content (AvgIpc) is 3.38. The second-order valence-corrected chi connectivity index (χ2v) is 9.76. The zero-order valence-electron chi connectivity index (χ0n) is 24.3. The van der Waals surface area contributed by atoms with E-state index in [9.17, 15) is 13.6 Å². The molecule has 0 saturated carbocycles. The number of allylic oxidation sites excluding steroid dienone is 8. The van der Waals surface area contributed by atoms with E-state index in [2.05, 4.69) is 31.8 Å². The van der Waals surface area contributed by atoms with E-state index in [0.29, 0.717) is 17.7 Å². The van der Waals surface area contributed by atoms with Crippen molar-refractivity contribution in [3.8, 4) is 10.9 Å². The molecule has 2 aromatic rings. The molecule has 0 aliphatic rings. The van der Waals surface area contributed by atoms with Crippen molar-refractivity contribution in [1.82, 2.24) is 10.2 Å². The number of ether oxygens (including phenoxy) is 2. The molecule has 1 aromatic heterocycles. The lowest BCUT2D eigenvalue weighted by molar-refractivity contribution is -0.112. The number of carbonyl (C=O) groups excluding carboxylic acids is 1. The van der Waals surface area contributed by atoms with Gasteiger partial charge in [0.25, 0.3) is 11.1 Å². The highest BCUT2D eigenvalue weighted by atomic mass is 32.1. The minimum absolute atomic E-state index is 0.0173. The molecule has 42 heavy (non-hydrogen) atoms. The Labute approximate surface area is 248 Å². The first-order valence-electron chi connectivity index (χ1n) is 13.2. The van der Waals surface area contributed by atoms with E-state index in [1.807, 2.05) is 26.8 Å². The summed E-state index contributed by atoms with van der Waals surface area (Å²) in [5.74, 6) is -1.87. The van der Waals surface area contributed by atoms with Crippen LogP contribution in [0.15, 0.2) is 88.6 Å². The Bertz CT molecular complexity index is 1420. The fourth-order valence-electron chi connectivity index (χ4n) is 3.45. The molecular formula is C31H35F3N4O3S. The van der Waals surface area contributed by atoms with E-state index in [-0.39, 0.29) is 33.6 Å². The lowest BCUT2D eigenvalue weighted by Gasteiger charge is -2.16. The maximum atomic E-state index is 15.1. The van der Waals surface area contributed by atoms with Crippen LogP contribution in [-0.2, 0) is 4.79 Å².